The van der Waals surface area contributed by atoms with Crippen molar-refractivity contribution in [1.29, 1.82) is 0 Å². The van der Waals surface area contributed by atoms with Crippen LogP contribution in [-0.2, 0) is 14.8 Å². The number of nitrogens with one attached hydrogen (secondary N) is 1. The van der Waals surface area contributed by atoms with Gasteiger partial charge < -0.3 is 5.32 Å². The van der Waals surface area contributed by atoms with Crippen molar-refractivity contribution in [3.05, 3.63) is 30.3 Å². The van der Waals surface area contributed by atoms with Gasteiger partial charge in [-0.15, -0.1) is 10.2 Å². The highest BCUT2D eigenvalue weighted by atomic mass is 32.2. The van der Waals surface area contributed by atoms with Gasteiger partial charge in [-0.3, -0.25) is 4.79 Å². The summed E-state index contributed by atoms with van der Waals surface area (Å²) >= 11 is 1.31. The van der Waals surface area contributed by atoms with E-state index in [0.29, 0.717) is 30.9 Å². The first-order valence-electron chi connectivity index (χ1n) is 8.67. The van der Waals surface area contributed by atoms with E-state index in [0.717, 1.165) is 10.6 Å². The fourth-order valence-electron chi connectivity index (χ4n) is 2.97. The molecule has 3 rings (SSSR count). The summed E-state index contributed by atoms with van der Waals surface area (Å²) in [6.07, 6.45) is 1.93. The van der Waals surface area contributed by atoms with Gasteiger partial charge in [0.1, 0.15) is 5.01 Å². The molecule has 26 heavy (non-hydrogen) atoms. The summed E-state index contributed by atoms with van der Waals surface area (Å²) < 4.78 is 25.9. The van der Waals surface area contributed by atoms with Gasteiger partial charge in [-0.1, -0.05) is 48.6 Å². The second kappa shape index (κ2) is 8.24. The molecule has 1 saturated heterocycles. The Bertz CT molecular complexity index is 852. The molecule has 1 aromatic carbocycles. The van der Waals surface area contributed by atoms with Gasteiger partial charge in [0.25, 0.3) is 0 Å². The Hall–Kier alpha value is -1.84. The molecule has 1 N–H and O–H groups in total. The molecule has 2 heterocycles. The van der Waals surface area contributed by atoms with E-state index in [4.69, 9.17) is 0 Å². The van der Waals surface area contributed by atoms with Crippen molar-refractivity contribution in [2.45, 2.75) is 26.2 Å². The van der Waals surface area contributed by atoms with Gasteiger partial charge in [-0.2, -0.15) is 0 Å². The second-order valence-electron chi connectivity index (χ2n) is 6.28. The Balaban J connectivity index is 1.64. The standard InChI is InChI=1S/C17H22N4O3S2/c1-2-11-26(23,24)21-10-6-9-14(12-21)15(22)18-17-20-19-16(25-17)13-7-4-3-5-8-13/h3-5,7-8,14H,2,6,9-12H2,1H3,(H,18,20,22). The smallest absolute Gasteiger partial charge is 0.230 e. The fourth-order valence-corrected chi connectivity index (χ4v) is 5.32. The van der Waals surface area contributed by atoms with Crippen LogP contribution in [0.15, 0.2) is 30.3 Å². The molecule has 1 aromatic heterocycles. The molecule has 0 spiro atoms. The van der Waals surface area contributed by atoms with Crippen LogP contribution in [0.1, 0.15) is 26.2 Å². The number of anilines is 1. The average molecular weight is 395 g/mol. The predicted molar refractivity (Wildman–Crippen MR) is 102 cm³/mol. The Labute approximate surface area is 157 Å². The Morgan fingerprint density at radius 1 is 1.31 bits per heavy atom. The van der Waals surface area contributed by atoms with Crippen LogP contribution >= 0.6 is 11.3 Å². The van der Waals surface area contributed by atoms with Crippen molar-refractivity contribution in [1.82, 2.24) is 14.5 Å². The van der Waals surface area contributed by atoms with E-state index in [2.05, 4.69) is 15.5 Å². The summed E-state index contributed by atoms with van der Waals surface area (Å²) in [5, 5.41) is 12.1. The summed E-state index contributed by atoms with van der Waals surface area (Å²) in [4.78, 5) is 12.5. The first-order chi connectivity index (χ1) is 12.5. The highest BCUT2D eigenvalue weighted by molar-refractivity contribution is 7.89. The van der Waals surface area contributed by atoms with Crippen molar-refractivity contribution in [2.75, 3.05) is 24.2 Å². The van der Waals surface area contributed by atoms with Crippen molar-refractivity contribution in [3.63, 3.8) is 0 Å². The van der Waals surface area contributed by atoms with Gasteiger partial charge in [-0.05, 0) is 19.3 Å². The molecular formula is C17H22N4O3S2. The highest BCUT2D eigenvalue weighted by Gasteiger charge is 2.32. The third-order valence-corrected chi connectivity index (χ3v) is 7.22. The normalized spacial score (nSPS) is 18.6. The number of carbonyl (C=O) groups is 1. The lowest BCUT2D eigenvalue weighted by Gasteiger charge is -2.30. The number of benzene rings is 1. The average Bonchev–Trinajstić information content (AvgIpc) is 3.11. The molecule has 1 fully saturated rings. The Morgan fingerprint density at radius 3 is 2.81 bits per heavy atom. The van der Waals surface area contributed by atoms with Crippen LogP contribution < -0.4 is 5.32 Å². The largest absolute Gasteiger partial charge is 0.300 e. The first-order valence-corrected chi connectivity index (χ1v) is 11.1. The van der Waals surface area contributed by atoms with E-state index in [-0.39, 0.29) is 24.1 Å². The summed E-state index contributed by atoms with van der Waals surface area (Å²) in [6.45, 7) is 2.56. The molecule has 0 bridgehead atoms. The minimum Gasteiger partial charge on any atom is -0.300 e. The van der Waals surface area contributed by atoms with Crippen molar-refractivity contribution >= 4 is 32.4 Å². The van der Waals surface area contributed by atoms with Crippen LogP contribution in [0.4, 0.5) is 5.13 Å². The first kappa shape index (κ1) is 18.9. The van der Waals surface area contributed by atoms with Crippen LogP contribution in [0.25, 0.3) is 10.6 Å². The number of rotatable bonds is 6. The zero-order chi connectivity index (χ0) is 18.6. The summed E-state index contributed by atoms with van der Waals surface area (Å²) in [5.41, 5.74) is 0.944. The number of sulfonamides is 1. The van der Waals surface area contributed by atoms with Gasteiger partial charge >= 0.3 is 0 Å². The van der Waals surface area contributed by atoms with Crippen molar-refractivity contribution in [3.8, 4) is 10.6 Å². The SMILES string of the molecule is CCCS(=O)(=O)N1CCCC(C(=O)Nc2nnc(-c3ccccc3)s2)C1. The number of aromatic nitrogens is 2. The molecule has 0 saturated carbocycles. The van der Waals surface area contributed by atoms with E-state index in [1.807, 2.05) is 37.3 Å². The molecule has 1 amide bonds. The van der Waals surface area contributed by atoms with Gasteiger partial charge in [0.2, 0.25) is 21.1 Å². The molecule has 2 aromatic rings. The Kier molecular flexibility index (Phi) is 6.00. The minimum atomic E-state index is -3.28. The van der Waals surface area contributed by atoms with Crippen LogP contribution in [0.3, 0.4) is 0 Å². The monoisotopic (exact) mass is 394 g/mol. The maximum Gasteiger partial charge on any atom is 0.230 e. The maximum atomic E-state index is 12.5. The number of hydrogen-bond donors (Lipinski definition) is 1. The number of hydrogen-bond acceptors (Lipinski definition) is 6. The molecule has 1 unspecified atom stereocenters. The number of carbonyl (C=O) groups excluding carboxylic acids is 1. The zero-order valence-electron chi connectivity index (χ0n) is 14.6. The second-order valence-corrected chi connectivity index (χ2v) is 9.35. The van der Waals surface area contributed by atoms with E-state index < -0.39 is 10.0 Å². The topological polar surface area (TPSA) is 92.3 Å². The van der Waals surface area contributed by atoms with Gasteiger partial charge in [0.15, 0.2) is 0 Å². The molecule has 9 heteroatoms. The van der Waals surface area contributed by atoms with E-state index >= 15 is 0 Å². The van der Waals surface area contributed by atoms with Gasteiger partial charge in [0.05, 0.1) is 11.7 Å². The summed E-state index contributed by atoms with van der Waals surface area (Å²) in [7, 11) is -3.28. The lowest BCUT2D eigenvalue weighted by molar-refractivity contribution is -0.120. The molecule has 7 nitrogen and oxygen atoms in total. The highest BCUT2D eigenvalue weighted by Crippen LogP contribution is 2.27. The maximum absolute atomic E-state index is 12.5. The van der Waals surface area contributed by atoms with E-state index in [1.54, 1.807) is 0 Å². The predicted octanol–water partition coefficient (Wildman–Crippen LogP) is 2.60. The summed E-state index contributed by atoms with van der Waals surface area (Å²) in [6, 6.07) is 9.63. The van der Waals surface area contributed by atoms with Crippen LogP contribution in [0, 0.1) is 5.92 Å². The quantitative estimate of drug-likeness (QED) is 0.813. The third kappa shape index (κ3) is 4.46. The fraction of sp³-hybridized carbons (Fsp3) is 0.471. The molecular weight excluding hydrogens is 372 g/mol. The van der Waals surface area contributed by atoms with Crippen LogP contribution in [0.5, 0.6) is 0 Å². The van der Waals surface area contributed by atoms with E-state index in [1.165, 1.54) is 15.6 Å². The van der Waals surface area contributed by atoms with Gasteiger partial charge in [-0.25, -0.2) is 12.7 Å². The number of nitrogens with zero attached hydrogens (tertiary/aromatic N) is 3. The molecule has 1 atom stereocenters. The lowest BCUT2D eigenvalue weighted by atomic mass is 9.99. The van der Waals surface area contributed by atoms with E-state index in [9.17, 15) is 13.2 Å². The lowest BCUT2D eigenvalue weighted by Crippen LogP contribution is -2.44. The van der Waals surface area contributed by atoms with Crippen molar-refractivity contribution in [2.24, 2.45) is 5.92 Å². The molecule has 1 aliphatic rings. The Morgan fingerprint density at radius 2 is 2.08 bits per heavy atom. The zero-order valence-corrected chi connectivity index (χ0v) is 16.2. The third-order valence-electron chi connectivity index (χ3n) is 4.29. The number of piperidine rings is 1. The van der Waals surface area contributed by atoms with Crippen LogP contribution in [-0.4, -0.2) is 47.7 Å². The van der Waals surface area contributed by atoms with Gasteiger partial charge in [0, 0.05) is 18.7 Å². The number of amides is 1. The molecule has 0 aliphatic carbocycles. The molecule has 1 aliphatic heterocycles. The minimum absolute atomic E-state index is 0.123. The van der Waals surface area contributed by atoms with Crippen molar-refractivity contribution < 1.29 is 13.2 Å². The van der Waals surface area contributed by atoms with Crippen LogP contribution in [0.2, 0.25) is 0 Å². The summed E-state index contributed by atoms with van der Waals surface area (Å²) in [5.74, 6) is -0.435. The molecule has 140 valence electrons. The molecule has 0 radical (unpaired) electrons.